The van der Waals surface area contributed by atoms with Crippen molar-refractivity contribution >= 4 is 17.7 Å². The van der Waals surface area contributed by atoms with Crippen LogP contribution in [-0.4, -0.2) is 58.7 Å². The van der Waals surface area contributed by atoms with Crippen LogP contribution in [0.4, 0.5) is 16.4 Å². The van der Waals surface area contributed by atoms with Gasteiger partial charge in [0, 0.05) is 51.2 Å². The van der Waals surface area contributed by atoms with Crippen LogP contribution >= 0.6 is 0 Å². The number of carbonyl (C=O) groups is 1. The van der Waals surface area contributed by atoms with E-state index in [9.17, 15) is 4.79 Å². The topological polar surface area (TPSA) is 83.5 Å². The summed E-state index contributed by atoms with van der Waals surface area (Å²) in [5, 5.41) is 3.29. The number of pyridine rings is 1. The molecule has 3 heterocycles. The summed E-state index contributed by atoms with van der Waals surface area (Å²) >= 11 is 0. The van der Waals surface area contributed by atoms with Gasteiger partial charge in [0.15, 0.2) is 0 Å². The van der Waals surface area contributed by atoms with E-state index in [-0.39, 0.29) is 6.09 Å². The van der Waals surface area contributed by atoms with Gasteiger partial charge in [-0.2, -0.15) is 0 Å². The summed E-state index contributed by atoms with van der Waals surface area (Å²) in [6.07, 6.45) is 4.85. The first-order valence-corrected chi connectivity index (χ1v) is 8.37. The molecule has 0 radical (unpaired) electrons. The number of hydrogen-bond donors (Lipinski definition) is 1. The molecule has 0 unspecified atom stereocenters. The number of aromatic nitrogens is 3. The van der Waals surface area contributed by atoms with Gasteiger partial charge < -0.3 is 19.9 Å². The normalized spacial score (nSPS) is 14.3. The maximum absolute atomic E-state index is 11.8. The van der Waals surface area contributed by atoms with E-state index in [0.29, 0.717) is 26.2 Å². The number of ether oxygens (including phenoxy) is 1. The van der Waals surface area contributed by atoms with E-state index in [0.717, 1.165) is 30.3 Å². The van der Waals surface area contributed by atoms with Crippen LogP contribution in [0.25, 0.3) is 0 Å². The minimum atomic E-state index is -0.246. The lowest BCUT2D eigenvalue weighted by atomic mass is 10.3. The van der Waals surface area contributed by atoms with Crippen molar-refractivity contribution in [2.24, 2.45) is 0 Å². The molecular weight excluding hydrogens is 320 g/mol. The van der Waals surface area contributed by atoms with Gasteiger partial charge in [-0.15, -0.1) is 0 Å². The van der Waals surface area contributed by atoms with E-state index in [1.165, 1.54) is 0 Å². The molecule has 1 aliphatic rings. The summed E-state index contributed by atoms with van der Waals surface area (Å²) in [5.74, 6) is 1.63. The minimum Gasteiger partial charge on any atom is -0.450 e. The molecule has 0 aromatic carbocycles. The zero-order chi connectivity index (χ0) is 17.5. The van der Waals surface area contributed by atoms with Crippen LogP contribution in [0.15, 0.2) is 36.9 Å². The first-order valence-electron chi connectivity index (χ1n) is 8.37. The third kappa shape index (κ3) is 4.56. The molecule has 0 saturated carbocycles. The van der Waals surface area contributed by atoms with E-state index < -0.39 is 0 Å². The van der Waals surface area contributed by atoms with Crippen LogP contribution in [0.2, 0.25) is 0 Å². The fraction of sp³-hybridized carbons (Fsp3) is 0.412. The molecule has 2 aromatic rings. The molecule has 0 aliphatic carbocycles. The van der Waals surface area contributed by atoms with E-state index >= 15 is 0 Å². The lowest BCUT2D eigenvalue weighted by Crippen LogP contribution is -2.49. The van der Waals surface area contributed by atoms with Crippen LogP contribution in [0.3, 0.4) is 0 Å². The summed E-state index contributed by atoms with van der Waals surface area (Å²) in [6.45, 7) is 5.59. The van der Waals surface area contributed by atoms with Crippen molar-refractivity contribution < 1.29 is 9.53 Å². The Hall–Kier alpha value is -2.90. The molecule has 8 nitrogen and oxygen atoms in total. The Labute approximate surface area is 146 Å². The van der Waals surface area contributed by atoms with Crippen molar-refractivity contribution in [3.63, 3.8) is 0 Å². The summed E-state index contributed by atoms with van der Waals surface area (Å²) in [7, 11) is 0. The average molecular weight is 342 g/mol. The lowest BCUT2D eigenvalue weighted by Gasteiger charge is -2.34. The first-order chi connectivity index (χ1) is 12.3. The molecule has 1 amide bonds. The zero-order valence-corrected chi connectivity index (χ0v) is 14.3. The molecule has 132 valence electrons. The first kappa shape index (κ1) is 16.9. The second kappa shape index (κ2) is 8.27. The van der Waals surface area contributed by atoms with Gasteiger partial charge in [-0.1, -0.05) is 0 Å². The molecule has 1 saturated heterocycles. The molecule has 8 heteroatoms. The van der Waals surface area contributed by atoms with Crippen molar-refractivity contribution in [3.05, 3.63) is 42.5 Å². The van der Waals surface area contributed by atoms with Crippen molar-refractivity contribution in [2.75, 3.05) is 43.0 Å². The highest BCUT2D eigenvalue weighted by atomic mass is 16.6. The van der Waals surface area contributed by atoms with E-state index in [1.54, 1.807) is 23.6 Å². The minimum absolute atomic E-state index is 0.246. The van der Waals surface area contributed by atoms with Crippen LogP contribution in [-0.2, 0) is 11.3 Å². The number of carbonyl (C=O) groups excluding carboxylic acids is 1. The second-order valence-corrected chi connectivity index (χ2v) is 5.64. The van der Waals surface area contributed by atoms with Gasteiger partial charge >= 0.3 is 6.09 Å². The van der Waals surface area contributed by atoms with Gasteiger partial charge in [-0.05, 0) is 24.6 Å². The third-order valence-corrected chi connectivity index (χ3v) is 4.01. The van der Waals surface area contributed by atoms with Crippen LogP contribution < -0.4 is 10.2 Å². The van der Waals surface area contributed by atoms with Gasteiger partial charge in [0.05, 0.1) is 6.61 Å². The molecular formula is C17H22N6O2. The number of nitrogens with zero attached hydrogens (tertiary/aromatic N) is 5. The van der Waals surface area contributed by atoms with E-state index in [1.807, 2.05) is 25.1 Å². The summed E-state index contributed by atoms with van der Waals surface area (Å²) in [4.78, 5) is 28.3. The Balaban J connectivity index is 1.56. The quantitative estimate of drug-likeness (QED) is 0.886. The Morgan fingerprint density at radius 3 is 2.68 bits per heavy atom. The highest BCUT2D eigenvalue weighted by molar-refractivity contribution is 5.68. The van der Waals surface area contributed by atoms with Crippen molar-refractivity contribution in [1.29, 1.82) is 0 Å². The fourth-order valence-corrected chi connectivity index (χ4v) is 2.64. The largest absolute Gasteiger partial charge is 0.450 e. The van der Waals surface area contributed by atoms with Crippen LogP contribution in [0.5, 0.6) is 0 Å². The molecule has 1 aliphatic heterocycles. The number of anilines is 2. The Bertz CT molecular complexity index is 689. The molecule has 25 heavy (non-hydrogen) atoms. The smallest absolute Gasteiger partial charge is 0.409 e. The molecule has 0 bridgehead atoms. The molecule has 1 fully saturated rings. The van der Waals surface area contributed by atoms with E-state index in [4.69, 9.17) is 4.74 Å². The van der Waals surface area contributed by atoms with Crippen molar-refractivity contribution in [3.8, 4) is 0 Å². The van der Waals surface area contributed by atoms with Gasteiger partial charge in [0.25, 0.3) is 0 Å². The molecule has 1 N–H and O–H groups in total. The Kier molecular flexibility index (Phi) is 5.61. The number of nitrogens with one attached hydrogen (secondary N) is 1. The highest BCUT2D eigenvalue weighted by Crippen LogP contribution is 2.17. The summed E-state index contributed by atoms with van der Waals surface area (Å²) in [6, 6.07) is 5.86. The number of amides is 1. The Morgan fingerprint density at radius 1 is 1.20 bits per heavy atom. The number of piperazine rings is 1. The highest BCUT2D eigenvalue weighted by Gasteiger charge is 2.22. The lowest BCUT2D eigenvalue weighted by molar-refractivity contribution is 0.105. The summed E-state index contributed by atoms with van der Waals surface area (Å²) < 4.78 is 5.04. The van der Waals surface area contributed by atoms with Crippen LogP contribution in [0.1, 0.15) is 12.5 Å². The van der Waals surface area contributed by atoms with Gasteiger partial charge in [0.1, 0.15) is 18.0 Å². The van der Waals surface area contributed by atoms with Gasteiger partial charge in [-0.25, -0.2) is 14.8 Å². The van der Waals surface area contributed by atoms with Gasteiger partial charge in [-0.3, -0.25) is 4.98 Å². The molecule has 0 atom stereocenters. The van der Waals surface area contributed by atoms with E-state index in [2.05, 4.69) is 25.2 Å². The van der Waals surface area contributed by atoms with Crippen molar-refractivity contribution in [1.82, 2.24) is 19.9 Å². The number of rotatable bonds is 5. The predicted octanol–water partition coefficient (Wildman–Crippen LogP) is 1.76. The summed E-state index contributed by atoms with van der Waals surface area (Å²) in [5.41, 5.74) is 1.14. The molecule has 0 spiro atoms. The fourth-order valence-electron chi connectivity index (χ4n) is 2.64. The number of hydrogen-bond acceptors (Lipinski definition) is 7. The monoisotopic (exact) mass is 342 g/mol. The second-order valence-electron chi connectivity index (χ2n) is 5.64. The zero-order valence-electron chi connectivity index (χ0n) is 14.3. The van der Waals surface area contributed by atoms with Crippen LogP contribution in [0, 0.1) is 0 Å². The standard InChI is InChI=1S/C17H22N6O2/c1-2-25-17(24)23-9-7-22(8-10-23)16-11-15(20-13-21-16)19-12-14-3-5-18-6-4-14/h3-6,11,13H,2,7-10,12H2,1H3,(H,19,20,21). The van der Waals surface area contributed by atoms with Crippen molar-refractivity contribution in [2.45, 2.75) is 13.5 Å². The van der Waals surface area contributed by atoms with Gasteiger partial charge in [0.2, 0.25) is 0 Å². The maximum Gasteiger partial charge on any atom is 0.409 e. The maximum atomic E-state index is 11.8. The molecule has 2 aromatic heterocycles. The molecule has 3 rings (SSSR count). The predicted molar refractivity (Wildman–Crippen MR) is 94.4 cm³/mol. The SMILES string of the molecule is CCOC(=O)N1CCN(c2cc(NCc3ccncc3)ncn2)CC1. The third-order valence-electron chi connectivity index (χ3n) is 4.01. The Morgan fingerprint density at radius 2 is 1.96 bits per heavy atom. The average Bonchev–Trinajstić information content (AvgIpc) is 2.68.